The first-order valence-electron chi connectivity index (χ1n) is 14.0. The van der Waals surface area contributed by atoms with Gasteiger partial charge in [0.1, 0.15) is 5.69 Å². The summed E-state index contributed by atoms with van der Waals surface area (Å²) in [5.41, 5.74) is 7.58. The number of nitrogens with two attached hydrogens (primary N) is 1. The third kappa shape index (κ3) is 12.4. The number of nitrogens with one attached hydrogen (secondary N) is 1. The molecule has 0 bridgehead atoms. The van der Waals surface area contributed by atoms with Crippen molar-refractivity contribution in [2.24, 2.45) is 0 Å². The van der Waals surface area contributed by atoms with E-state index in [-0.39, 0.29) is 18.4 Å². The van der Waals surface area contributed by atoms with Crippen molar-refractivity contribution in [1.29, 1.82) is 0 Å². The normalized spacial score (nSPS) is 14.3. The number of hydrogen-bond acceptors (Lipinski definition) is 9. The standard InChI is InChI=1S/C24H40N6O3.2C2H6/c1-4-6-11-19(12-10-15-29-13-8-9-14-29)17-30(20(32)18-31)23-21(26-3)22(25)27-24(28-23)33-16-7-5-2;2*1-2/h6,11-12,18,20,26,32H,4-5,7-10,13-17H2,1-3H3,(H2,25,27,28);2*1-2H3/b11-6-,19-12+;;. The van der Waals surface area contributed by atoms with Gasteiger partial charge in [-0.1, -0.05) is 66.2 Å². The van der Waals surface area contributed by atoms with Crippen molar-refractivity contribution in [3.8, 4) is 6.01 Å². The lowest BCUT2D eigenvalue weighted by Crippen LogP contribution is -2.39. The van der Waals surface area contributed by atoms with E-state index in [1.165, 1.54) is 17.7 Å². The lowest BCUT2D eigenvalue weighted by Gasteiger charge is -2.28. The molecule has 9 heteroatoms. The van der Waals surface area contributed by atoms with E-state index < -0.39 is 6.23 Å². The molecule has 2 rings (SSSR count). The Labute approximate surface area is 225 Å². The number of hydrogen-bond donors (Lipinski definition) is 3. The van der Waals surface area contributed by atoms with Crippen LogP contribution >= 0.6 is 0 Å². The molecule has 1 aliphatic rings. The molecule has 37 heavy (non-hydrogen) atoms. The Balaban J connectivity index is 0.00000308. The number of unbranched alkanes of at least 4 members (excludes halogenated alkanes) is 1. The zero-order valence-corrected chi connectivity index (χ0v) is 24.3. The number of likely N-dealkylation sites (tertiary alicyclic amines) is 1. The maximum atomic E-state index is 11.6. The van der Waals surface area contributed by atoms with Crippen LogP contribution < -0.4 is 20.7 Å². The average molecular weight is 521 g/mol. The Hall–Kier alpha value is -2.65. The van der Waals surface area contributed by atoms with Crippen molar-refractivity contribution in [3.05, 3.63) is 23.8 Å². The largest absolute Gasteiger partial charge is 0.463 e. The second-order valence-electron chi connectivity index (χ2n) is 8.15. The molecule has 0 amide bonds. The monoisotopic (exact) mass is 520 g/mol. The number of nitrogen functional groups attached to an aromatic ring is 1. The Kier molecular flexibility index (Phi) is 19.9. The van der Waals surface area contributed by atoms with Crippen molar-refractivity contribution in [1.82, 2.24) is 14.9 Å². The lowest BCUT2D eigenvalue weighted by molar-refractivity contribution is -0.114. The molecule has 0 aromatic carbocycles. The maximum Gasteiger partial charge on any atom is 0.320 e. The fraction of sp³-hybridized carbons (Fsp3) is 0.679. The first-order valence-corrected chi connectivity index (χ1v) is 14.0. The highest BCUT2D eigenvalue weighted by molar-refractivity contribution is 5.79. The lowest BCUT2D eigenvalue weighted by atomic mass is 10.1. The number of carbonyl (C=O) groups excluding carboxylic acids is 1. The predicted octanol–water partition coefficient (Wildman–Crippen LogP) is 5.03. The molecule has 9 nitrogen and oxygen atoms in total. The van der Waals surface area contributed by atoms with Gasteiger partial charge < -0.3 is 30.7 Å². The molecule has 2 heterocycles. The van der Waals surface area contributed by atoms with Crippen LogP contribution in [0.4, 0.5) is 17.3 Å². The summed E-state index contributed by atoms with van der Waals surface area (Å²) in [5, 5.41) is 13.6. The van der Waals surface area contributed by atoms with E-state index in [0.717, 1.165) is 50.9 Å². The molecule has 1 atom stereocenters. The topological polar surface area (TPSA) is 117 Å². The number of anilines is 3. The van der Waals surface area contributed by atoms with Crippen molar-refractivity contribution in [2.75, 3.05) is 55.8 Å². The highest BCUT2D eigenvalue weighted by Gasteiger charge is 2.24. The quantitative estimate of drug-likeness (QED) is 0.127. The number of rotatable bonds is 15. The Morgan fingerprint density at radius 2 is 1.89 bits per heavy atom. The maximum absolute atomic E-state index is 11.6. The first kappa shape index (κ1) is 34.4. The Morgan fingerprint density at radius 3 is 2.46 bits per heavy atom. The fourth-order valence-corrected chi connectivity index (χ4v) is 3.72. The third-order valence-corrected chi connectivity index (χ3v) is 5.56. The zero-order chi connectivity index (χ0) is 28.1. The SMILES string of the molecule is CC.CC.CC/C=C\C(=C/CCN1CCCC1)CN(c1nc(OCCCC)nc(N)c1NC)C(O)C=O. The number of aldehydes is 1. The molecule has 1 aliphatic heterocycles. The molecule has 1 fully saturated rings. The molecule has 1 unspecified atom stereocenters. The molecule has 0 spiro atoms. The van der Waals surface area contributed by atoms with Gasteiger partial charge >= 0.3 is 6.01 Å². The van der Waals surface area contributed by atoms with Crippen molar-refractivity contribution in [2.45, 2.75) is 86.3 Å². The molecular formula is C28H52N6O3. The smallest absolute Gasteiger partial charge is 0.320 e. The van der Waals surface area contributed by atoms with Crippen LogP contribution in [-0.4, -0.2) is 72.3 Å². The highest BCUT2D eigenvalue weighted by atomic mass is 16.5. The van der Waals surface area contributed by atoms with Crippen LogP contribution in [0.15, 0.2) is 23.8 Å². The van der Waals surface area contributed by atoms with Crippen LogP contribution in [0.25, 0.3) is 0 Å². The van der Waals surface area contributed by atoms with E-state index in [1.807, 2.05) is 33.8 Å². The zero-order valence-electron chi connectivity index (χ0n) is 24.3. The van der Waals surface area contributed by atoms with Gasteiger partial charge in [-0.15, -0.1) is 0 Å². The molecule has 212 valence electrons. The summed E-state index contributed by atoms with van der Waals surface area (Å²) in [7, 11) is 1.70. The number of carbonyl (C=O) groups is 1. The number of nitrogens with zero attached hydrogens (tertiary/aromatic N) is 4. The minimum atomic E-state index is -1.40. The third-order valence-electron chi connectivity index (χ3n) is 5.56. The van der Waals surface area contributed by atoms with E-state index >= 15 is 0 Å². The van der Waals surface area contributed by atoms with Crippen LogP contribution in [-0.2, 0) is 4.79 Å². The molecule has 0 radical (unpaired) electrons. The molecule has 0 saturated carbocycles. The number of aromatic nitrogens is 2. The van der Waals surface area contributed by atoms with Gasteiger partial charge in [0, 0.05) is 20.1 Å². The summed E-state index contributed by atoms with van der Waals surface area (Å²) in [6, 6.07) is 0.127. The van der Waals surface area contributed by atoms with Crippen molar-refractivity contribution >= 4 is 23.6 Å². The van der Waals surface area contributed by atoms with E-state index in [4.69, 9.17) is 10.5 Å². The van der Waals surface area contributed by atoms with Crippen molar-refractivity contribution < 1.29 is 14.6 Å². The first-order chi connectivity index (χ1) is 18.0. The van der Waals surface area contributed by atoms with Gasteiger partial charge in [-0.05, 0) is 50.8 Å². The molecule has 1 aromatic rings. The van der Waals surface area contributed by atoms with Gasteiger partial charge in [0.15, 0.2) is 24.1 Å². The minimum absolute atomic E-state index is 0.127. The van der Waals surface area contributed by atoms with E-state index in [0.29, 0.717) is 24.4 Å². The average Bonchev–Trinajstić information content (AvgIpc) is 3.45. The highest BCUT2D eigenvalue weighted by Crippen LogP contribution is 2.32. The second kappa shape index (κ2) is 21.4. The van der Waals surface area contributed by atoms with Gasteiger partial charge in [0.2, 0.25) is 0 Å². The number of ether oxygens (including phenoxy) is 1. The summed E-state index contributed by atoms with van der Waals surface area (Å²) < 4.78 is 5.66. The summed E-state index contributed by atoms with van der Waals surface area (Å²) in [6.07, 6.45) is 11.5. The van der Waals surface area contributed by atoms with Crippen LogP contribution in [0.5, 0.6) is 6.01 Å². The Bertz CT molecular complexity index is 794. The summed E-state index contributed by atoms with van der Waals surface area (Å²) >= 11 is 0. The molecule has 4 N–H and O–H groups in total. The molecule has 1 aromatic heterocycles. The van der Waals surface area contributed by atoms with E-state index in [2.05, 4.69) is 46.2 Å². The Morgan fingerprint density at radius 1 is 1.22 bits per heavy atom. The summed E-state index contributed by atoms with van der Waals surface area (Å²) in [5.74, 6) is 0.521. The van der Waals surface area contributed by atoms with Crippen LogP contribution in [0.3, 0.4) is 0 Å². The van der Waals surface area contributed by atoms with E-state index in [1.54, 1.807) is 7.05 Å². The van der Waals surface area contributed by atoms with Gasteiger partial charge in [-0.25, -0.2) is 0 Å². The number of aliphatic hydroxyl groups is 1. The predicted molar refractivity (Wildman–Crippen MR) is 156 cm³/mol. The number of allylic oxidation sites excluding steroid dienone is 1. The molecule has 0 aliphatic carbocycles. The van der Waals surface area contributed by atoms with Gasteiger partial charge in [-0.3, -0.25) is 4.79 Å². The van der Waals surface area contributed by atoms with Crippen LogP contribution in [0.1, 0.15) is 80.1 Å². The van der Waals surface area contributed by atoms with Gasteiger partial charge in [-0.2, -0.15) is 9.97 Å². The molecule has 1 saturated heterocycles. The minimum Gasteiger partial charge on any atom is -0.463 e. The fourth-order valence-electron chi connectivity index (χ4n) is 3.72. The van der Waals surface area contributed by atoms with Crippen molar-refractivity contribution in [3.63, 3.8) is 0 Å². The van der Waals surface area contributed by atoms with Gasteiger partial charge in [0.25, 0.3) is 0 Å². The van der Waals surface area contributed by atoms with E-state index in [9.17, 15) is 9.90 Å². The van der Waals surface area contributed by atoms with Gasteiger partial charge in [0.05, 0.1) is 6.61 Å². The summed E-state index contributed by atoms with van der Waals surface area (Å²) in [6.45, 7) is 16.2. The second-order valence-corrected chi connectivity index (χ2v) is 8.15. The van der Waals surface area contributed by atoms with Crippen LogP contribution in [0, 0.1) is 0 Å². The number of aliphatic hydroxyl groups excluding tert-OH is 1. The van der Waals surface area contributed by atoms with Crippen LogP contribution in [0.2, 0.25) is 0 Å². The summed E-state index contributed by atoms with van der Waals surface area (Å²) in [4.78, 5) is 24.3. The molecular weight excluding hydrogens is 468 g/mol.